The quantitative estimate of drug-likeness (QED) is 0.689. The number of aromatic nitrogens is 2. The highest BCUT2D eigenvalue weighted by atomic mass is 32.1. The third kappa shape index (κ3) is 3.00. The summed E-state index contributed by atoms with van der Waals surface area (Å²) < 4.78 is 1.47. The van der Waals surface area contributed by atoms with Gasteiger partial charge < -0.3 is 5.32 Å². The number of benzene rings is 1. The Hall–Kier alpha value is -2.47. The second-order valence-corrected chi connectivity index (χ2v) is 10.5. The van der Waals surface area contributed by atoms with E-state index in [9.17, 15) is 9.59 Å². The summed E-state index contributed by atoms with van der Waals surface area (Å²) in [5.74, 6) is 2.27. The molecule has 7 rings (SSSR count). The Morgan fingerprint density at radius 1 is 1.10 bits per heavy atom. The first-order valence-electron chi connectivity index (χ1n) is 10.9. The number of hydrogen-bond acceptors (Lipinski definition) is 4. The molecule has 4 saturated carbocycles. The van der Waals surface area contributed by atoms with Crippen LogP contribution in [-0.2, 0) is 11.3 Å². The summed E-state index contributed by atoms with van der Waals surface area (Å²) >= 11 is 1.47. The molecule has 4 aliphatic carbocycles. The van der Waals surface area contributed by atoms with Gasteiger partial charge in [-0.1, -0.05) is 30.3 Å². The third-order valence-electron chi connectivity index (χ3n) is 7.40. The highest BCUT2D eigenvalue weighted by Gasteiger charge is 2.51. The van der Waals surface area contributed by atoms with E-state index in [2.05, 4.69) is 10.3 Å². The smallest absolute Gasteiger partial charge is 0.263 e. The third-order valence-corrected chi connectivity index (χ3v) is 8.29. The van der Waals surface area contributed by atoms with E-state index >= 15 is 0 Å². The molecular weight excluding hydrogens is 394 g/mol. The predicted molar refractivity (Wildman–Crippen MR) is 118 cm³/mol. The Morgan fingerprint density at radius 2 is 1.77 bits per heavy atom. The fourth-order valence-corrected chi connectivity index (χ4v) is 7.57. The van der Waals surface area contributed by atoms with Crippen molar-refractivity contribution in [2.24, 2.45) is 17.8 Å². The summed E-state index contributed by atoms with van der Waals surface area (Å²) in [7, 11) is 0. The molecule has 5 nitrogen and oxygen atoms in total. The highest BCUT2D eigenvalue weighted by Crippen LogP contribution is 2.55. The van der Waals surface area contributed by atoms with Crippen LogP contribution in [0.25, 0.3) is 21.3 Å². The Kier molecular flexibility index (Phi) is 4.13. The van der Waals surface area contributed by atoms with Crippen molar-refractivity contribution < 1.29 is 4.79 Å². The first-order chi connectivity index (χ1) is 14.6. The minimum atomic E-state index is -0.138. The molecule has 0 aliphatic heterocycles. The van der Waals surface area contributed by atoms with Crippen molar-refractivity contribution in [2.45, 2.75) is 50.6 Å². The van der Waals surface area contributed by atoms with Gasteiger partial charge in [0.2, 0.25) is 5.91 Å². The lowest BCUT2D eigenvalue weighted by atomic mass is 9.53. The lowest BCUT2D eigenvalue weighted by Crippen LogP contribution is -2.60. The van der Waals surface area contributed by atoms with Gasteiger partial charge in [0.15, 0.2) is 0 Å². The highest BCUT2D eigenvalue weighted by molar-refractivity contribution is 7.17. The molecule has 4 fully saturated rings. The minimum absolute atomic E-state index is 0.0353. The number of carbonyl (C=O) groups excluding carboxylic acids is 1. The summed E-state index contributed by atoms with van der Waals surface area (Å²) in [6, 6.07) is 9.89. The molecule has 2 heterocycles. The van der Waals surface area contributed by atoms with Crippen molar-refractivity contribution in [1.29, 1.82) is 0 Å². The Balaban J connectivity index is 1.27. The average molecular weight is 420 g/mol. The van der Waals surface area contributed by atoms with Crippen LogP contribution in [0.1, 0.15) is 38.5 Å². The molecule has 6 heteroatoms. The number of fused-ring (bicyclic) bond motifs is 1. The normalized spacial score (nSPS) is 29.4. The van der Waals surface area contributed by atoms with Gasteiger partial charge in [-0.3, -0.25) is 14.2 Å². The molecule has 2 aromatic heterocycles. The number of thiophene rings is 1. The molecule has 1 N–H and O–H groups in total. The van der Waals surface area contributed by atoms with Crippen molar-refractivity contribution in [2.75, 3.05) is 0 Å². The van der Waals surface area contributed by atoms with Gasteiger partial charge in [-0.2, -0.15) is 0 Å². The molecule has 1 aromatic carbocycles. The first-order valence-corrected chi connectivity index (χ1v) is 11.8. The van der Waals surface area contributed by atoms with E-state index in [1.807, 2.05) is 35.7 Å². The van der Waals surface area contributed by atoms with E-state index in [1.165, 1.54) is 41.5 Å². The zero-order valence-corrected chi connectivity index (χ0v) is 17.7. The zero-order chi connectivity index (χ0) is 20.3. The van der Waals surface area contributed by atoms with Gasteiger partial charge in [0.25, 0.3) is 5.56 Å². The molecule has 0 radical (unpaired) electrons. The number of amides is 1. The second-order valence-electron chi connectivity index (χ2n) is 9.62. The van der Waals surface area contributed by atoms with Crippen LogP contribution in [0.4, 0.5) is 0 Å². The molecule has 154 valence electrons. The van der Waals surface area contributed by atoms with E-state index in [0.29, 0.717) is 5.39 Å². The van der Waals surface area contributed by atoms with Crippen LogP contribution in [0.2, 0.25) is 0 Å². The Labute approximate surface area is 179 Å². The van der Waals surface area contributed by atoms with Crippen LogP contribution in [-0.4, -0.2) is 21.0 Å². The van der Waals surface area contributed by atoms with Gasteiger partial charge in [0.05, 0.1) is 11.7 Å². The van der Waals surface area contributed by atoms with Crippen LogP contribution < -0.4 is 10.9 Å². The number of nitrogens with zero attached hydrogens (tertiary/aromatic N) is 2. The monoisotopic (exact) mass is 419 g/mol. The van der Waals surface area contributed by atoms with Crippen LogP contribution in [0, 0.1) is 17.8 Å². The summed E-state index contributed by atoms with van der Waals surface area (Å²) in [6.45, 7) is 0.0353. The van der Waals surface area contributed by atoms with Crippen molar-refractivity contribution in [3.05, 3.63) is 52.4 Å². The predicted octanol–water partition coefficient (Wildman–Crippen LogP) is 4.21. The minimum Gasteiger partial charge on any atom is -0.349 e. The zero-order valence-electron chi connectivity index (χ0n) is 16.8. The van der Waals surface area contributed by atoms with Crippen molar-refractivity contribution in [3.8, 4) is 11.1 Å². The Morgan fingerprint density at radius 3 is 2.43 bits per heavy atom. The maximum Gasteiger partial charge on any atom is 0.263 e. The molecular formula is C24H25N3O2S. The lowest BCUT2D eigenvalue weighted by Gasteiger charge is -2.56. The molecule has 0 unspecified atom stereocenters. The van der Waals surface area contributed by atoms with Crippen molar-refractivity contribution in [3.63, 3.8) is 0 Å². The average Bonchev–Trinajstić information content (AvgIpc) is 3.14. The summed E-state index contributed by atoms with van der Waals surface area (Å²) in [6.07, 6.45) is 8.88. The molecule has 3 aromatic rings. The maximum atomic E-state index is 13.2. The lowest BCUT2D eigenvalue weighted by molar-refractivity contribution is -0.127. The molecule has 4 bridgehead atoms. The number of carbonyl (C=O) groups is 1. The molecule has 0 saturated heterocycles. The summed E-state index contributed by atoms with van der Waals surface area (Å²) in [5.41, 5.74) is 1.72. The molecule has 1 amide bonds. The van der Waals surface area contributed by atoms with E-state index in [1.54, 1.807) is 0 Å². The molecule has 0 atom stereocenters. The standard InChI is InChI=1S/C24H25N3O2S/c28-20(26-24-9-15-6-16(10-24)8-17(7-15)11-24)12-27-14-25-22-21(23(27)29)19(13-30-22)18-4-2-1-3-5-18/h1-5,13-17H,6-12H2,(H,26,28). The molecule has 0 spiro atoms. The fourth-order valence-electron chi connectivity index (χ4n) is 6.66. The summed E-state index contributed by atoms with van der Waals surface area (Å²) in [4.78, 5) is 31.4. The first kappa shape index (κ1) is 18.3. The van der Waals surface area contributed by atoms with Crippen LogP contribution in [0.15, 0.2) is 46.8 Å². The van der Waals surface area contributed by atoms with E-state index in [4.69, 9.17) is 0 Å². The van der Waals surface area contributed by atoms with Crippen molar-refractivity contribution >= 4 is 27.5 Å². The van der Waals surface area contributed by atoms with Gasteiger partial charge in [-0.25, -0.2) is 4.98 Å². The number of rotatable bonds is 4. The van der Waals surface area contributed by atoms with Gasteiger partial charge in [-0.05, 0) is 61.8 Å². The van der Waals surface area contributed by atoms with E-state index < -0.39 is 0 Å². The van der Waals surface area contributed by atoms with Gasteiger partial charge in [0, 0.05) is 16.5 Å². The Bertz CT molecular complexity index is 1140. The van der Waals surface area contributed by atoms with E-state index in [-0.39, 0.29) is 23.6 Å². The molecule has 30 heavy (non-hydrogen) atoms. The van der Waals surface area contributed by atoms with Crippen LogP contribution in [0.3, 0.4) is 0 Å². The molecule has 4 aliphatic rings. The number of hydrogen-bond donors (Lipinski definition) is 1. The van der Waals surface area contributed by atoms with Gasteiger partial charge >= 0.3 is 0 Å². The number of nitrogens with one attached hydrogen (secondary N) is 1. The maximum absolute atomic E-state index is 13.2. The second kappa shape index (κ2) is 6.77. The van der Waals surface area contributed by atoms with Crippen LogP contribution >= 0.6 is 11.3 Å². The van der Waals surface area contributed by atoms with Gasteiger partial charge in [0.1, 0.15) is 11.4 Å². The topological polar surface area (TPSA) is 64.0 Å². The largest absolute Gasteiger partial charge is 0.349 e. The van der Waals surface area contributed by atoms with Crippen molar-refractivity contribution in [1.82, 2.24) is 14.9 Å². The summed E-state index contributed by atoms with van der Waals surface area (Å²) in [5, 5.41) is 5.95. The van der Waals surface area contributed by atoms with Crippen LogP contribution in [0.5, 0.6) is 0 Å². The van der Waals surface area contributed by atoms with E-state index in [0.717, 1.165) is 53.0 Å². The fraction of sp³-hybridized carbons (Fsp3) is 0.458. The SMILES string of the molecule is O=C(Cn1cnc2scc(-c3ccccc3)c2c1=O)NC12CC3CC(CC(C3)C1)C2. The van der Waals surface area contributed by atoms with Gasteiger partial charge in [-0.15, -0.1) is 11.3 Å².